The van der Waals surface area contributed by atoms with Crippen molar-refractivity contribution in [2.45, 2.75) is 19.9 Å². The standard InChI is InChI=1S/C13H16N2O3/c1-3-11-12(16)15(13(17)14-11)8-9-4-6-10(18-2)7-5-9/h4-7,16H,3,8H2,1-2H3,(H,14,17). The molecule has 0 saturated heterocycles. The molecule has 5 heteroatoms. The molecule has 0 spiro atoms. The van der Waals surface area contributed by atoms with E-state index in [1.165, 1.54) is 4.57 Å². The van der Waals surface area contributed by atoms with Crippen LogP contribution in [-0.4, -0.2) is 21.8 Å². The van der Waals surface area contributed by atoms with Gasteiger partial charge in [-0.3, -0.25) is 4.57 Å². The van der Waals surface area contributed by atoms with E-state index in [1.54, 1.807) is 7.11 Å². The Balaban J connectivity index is 2.28. The maximum absolute atomic E-state index is 11.7. The van der Waals surface area contributed by atoms with Crippen LogP contribution in [0.25, 0.3) is 0 Å². The highest BCUT2D eigenvalue weighted by Crippen LogP contribution is 2.16. The molecule has 1 aromatic heterocycles. The van der Waals surface area contributed by atoms with Gasteiger partial charge in [-0.2, -0.15) is 0 Å². The molecular formula is C13H16N2O3. The van der Waals surface area contributed by atoms with Gasteiger partial charge in [0.1, 0.15) is 5.75 Å². The van der Waals surface area contributed by atoms with Crippen LogP contribution in [0.4, 0.5) is 0 Å². The van der Waals surface area contributed by atoms with Gasteiger partial charge in [0.05, 0.1) is 19.3 Å². The summed E-state index contributed by atoms with van der Waals surface area (Å²) in [6, 6.07) is 7.38. The van der Waals surface area contributed by atoms with Crippen molar-refractivity contribution in [3.8, 4) is 11.6 Å². The number of ether oxygens (including phenoxy) is 1. The second-order valence-corrected chi connectivity index (χ2v) is 4.02. The van der Waals surface area contributed by atoms with E-state index in [1.807, 2.05) is 31.2 Å². The third-order valence-corrected chi connectivity index (χ3v) is 2.88. The number of aromatic amines is 1. The van der Waals surface area contributed by atoms with E-state index in [0.29, 0.717) is 18.7 Å². The molecule has 18 heavy (non-hydrogen) atoms. The largest absolute Gasteiger partial charge is 0.497 e. The summed E-state index contributed by atoms with van der Waals surface area (Å²) in [6.07, 6.45) is 0.594. The first kappa shape index (κ1) is 12.3. The quantitative estimate of drug-likeness (QED) is 0.861. The minimum Gasteiger partial charge on any atom is -0.497 e. The topological polar surface area (TPSA) is 67.2 Å². The first-order chi connectivity index (χ1) is 8.65. The fourth-order valence-corrected chi connectivity index (χ4v) is 1.82. The van der Waals surface area contributed by atoms with Crippen LogP contribution >= 0.6 is 0 Å². The lowest BCUT2D eigenvalue weighted by atomic mass is 10.2. The highest BCUT2D eigenvalue weighted by atomic mass is 16.5. The Kier molecular flexibility index (Phi) is 3.41. The monoisotopic (exact) mass is 248 g/mol. The summed E-state index contributed by atoms with van der Waals surface area (Å²) in [7, 11) is 1.60. The summed E-state index contributed by atoms with van der Waals surface area (Å²) in [4.78, 5) is 14.3. The van der Waals surface area contributed by atoms with Crippen molar-refractivity contribution < 1.29 is 9.84 Å². The maximum Gasteiger partial charge on any atom is 0.328 e. The zero-order valence-electron chi connectivity index (χ0n) is 10.4. The number of rotatable bonds is 4. The van der Waals surface area contributed by atoms with Gasteiger partial charge < -0.3 is 14.8 Å². The minimum atomic E-state index is -0.292. The van der Waals surface area contributed by atoms with Crippen molar-refractivity contribution >= 4 is 0 Å². The zero-order chi connectivity index (χ0) is 13.1. The Bertz CT molecular complexity index is 581. The number of methoxy groups -OCH3 is 1. The van der Waals surface area contributed by atoms with E-state index >= 15 is 0 Å². The van der Waals surface area contributed by atoms with Crippen molar-refractivity contribution in [3.05, 3.63) is 46.0 Å². The first-order valence-electron chi connectivity index (χ1n) is 5.79. The van der Waals surface area contributed by atoms with Crippen LogP contribution in [0.15, 0.2) is 29.1 Å². The fraction of sp³-hybridized carbons (Fsp3) is 0.308. The van der Waals surface area contributed by atoms with Crippen LogP contribution in [0.5, 0.6) is 11.6 Å². The lowest BCUT2D eigenvalue weighted by molar-refractivity contribution is 0.413. The molecule has 0 saturated carbocycles. The number of hydrogen-bond acceptors (Lipinski definition) is 3. The molecule has 1 aromatic carbocycles. The first-order valence-corrected chi connectivity index (χ1v) is 5.79. The Hall–Kier alpha value is -2.17. The molecule has 0 aliphatic heterocycles. The molecule has 2 rings (SSSR count). The number of H-pyrrole nitrogens is 1. The van der Waals surface area contributed by atoms with Crippen molar-refractivity contribution in [1.82, 2.24) is 9.55 Å². The van der Waals surface area contributed by atoms with Crippen LogP contribution in [-0.2, 0) is 13.0 Å². The van der Waals surface area contributed by atoms with Crippen LogP contribution in [0.3, 0.4) is 0 Å². The minimum absolute atomic E-state index is 0.0123. The zero-order valence-corrected chi connectivity index (χ0v) is 10.4. The molecule has 5 nitrogen and oxygen atoms in total. The van der Waals surface area contributed by atoms with Gasteiger partial charge in [0.15, 0.2) is 0 Å². The molecule has 0 aliphatic carbocycles. The summed E-state index contributed by atoms with van der Waals surface area (Å²) in [5.74, 6) is 0.775. The van der Waals surface area contributed by atoms with Gasteiger partial charge in [0.25, 0.3) is 0 Å². The molecule has 0 aliphatic rings. The number of nitrogens with one attached hydrogen (secondary N) is 1. The summed E-state index contributed by atoms with van der Waals surface area (Å²) >= 11 is 0. The normalized spacial score (nSPS) is 10.6. The van der Waals surface area contributed by atoms with E-state index in [-0.39, 0.29) is 11.6 Å². The predicted molar refractivity (Wildman–Crippen MR) is 68.2 cm³/mol. The van der Waals surface area contributed by atoms with Crippen molar-refractivity contribution in [1.29, 1.82) is 0 Å². The summed E-state index contributed by atoms with van der Waals surface area (Å²) in [6.45, 7) is 2.22. The van der Waals surface area contributed by atoms with Crippen LogP contribution in [0, 0.1) is 0 Å². The molecule has 0 radical (unpaired) electrons. The molecule has 2 N–H and O–H groups in total. The van der Waals surface area contributed by atoms with Gasteiger partial charge >= 0.3 is 5.69 Å². The van der Waals surface area contributed by atoms with Crippen molar-refractivity contribution in [2.24, 2.45) is 0 Å². The number of nitrogens with zero attached hydrogens (tertiary/aromatic N) is 1. The molecule has 0 atom stereocenters. The molecular weight excluding hydrogens is 232 g/mol. The van der Waals surface area contributed by atoms with Gasteiger partial charge in [-0.25, -0.2) is 4.79 Å². The van der Waals surface area contributed by atoms with Crippen LogP contribution < -0.4 is 10.4 Å². The third kappa shape index (κ3) is 2.25. The molecule has 0 unspecified atom stereocenters. The summed E-state index contributed by atoms with van der Waals surface area (Å²) < 4.78 is 6.38. The van der Waals surface area contributed by atoms with Gasteiger partial charge in [0.2, 0.25) is 5.88 Å². The van der Waals surface area contributed by atoms with Gasteiger partial charge in [-0.05, 0) is 24.1 Å². The average molecular weight is 248 g/mol. The third-order valence-electron chi connectivity index (χ3n) is 2.88. The number of aromatic hydroxyl groups is 1. The molecule has 0 amide bonds. The summed E-state index contributed by atoms with van der Waals surface area (Å²) in [5.41, 5.74) is 1.20. The SMILES string of the molecule is CCc1[nH]c(=O)n(Cc2ccc(OC)cc2)c1O. The van der Waals surface area contributed by atoms with E-state index in [9.17, 15) is 9.90 Å². The Morgan fingerprint density at radius 3 is 2.50 bits per heavy atom. The average Bonchev–Trinajstić information content (AvgIpc) is 2.67. The van der Waals surface area contributed by atoms with E-state index < -0.39 is 0 Å². The molecule has 1 heterocycles. The second-order valence-electron chi connectivity index (χ2n) is 4.02. The smallest absolute Gasteiger partial charge is 0.328 e. The van der Waals surface area contributed by atoms with E-state index in [4.69, 9.17) is 4.74 Å². The van der Waals surface area contributed by atoms with Crippen molar-refractivity contribution in [2.75, 3.05) is 7.11 Å². The predicted octanol–water partition coefficient (Wildman–Crippen LogP) is 1.50. The van der Waals surface area contributed by atoms with Crippen LogP contribution in [0.2, 0.25) is 0 Å². The number of benzene rings is 1. The molecule has 0 bridgehead atoms. The lowest BCUT2D eigenvalue weighted by Crippen LogP contribution is -2.17. The maximum atomic E-state index is 11.7. The highest BCUT2D eigenvalue weighted by Gasteiger charge is 2.11. The molecule has 0 fully saturated rings. The van der Waals surface area contributed by atoms with Crippen LogP contribution in [0.1, 0.15) is 18.2 Å². The van der Waals surface area contributed by atoms with E-state index in [2.05, 4.69) is 4.98 Å². The van der Waals surface area contributed by atoms with Gasteiger partial charge in [-0.1, -0.05) is 19.1 Å². The second kappa shape index (κ2) is 5.00. The number of imidazole rings is 1. The summed E-state index contributed by atoms with van der Waals surface area (Å²) in [5, 5.41) is 9.88. The number of aromatic nitrogens is 2. The van der Waals surface area contributed by atoms with Crippen molar-refractivity contribution in [3.63, 3.8) is 0 Å². The Morgan fingerprint density at radius 1 is 1.33 bits per heavy atom. The number of aryl methyl sites for hydroxylation is 1. The highest BCUT2D eigenvalue weighted by molar-refractivity contribution is 5.28. The number of hydrogen-bond donors (Lipinski definition) is 2. The van der Waals surface area contributed by atoms with Gasteiger partial charge in [-0.15, -0.1) is 0 Å². The Labute approximate surface area is 105 Å². The lowest BCUT2D eigenvalue weighted by Gasteiger charge is -2.05. The Morgan fingerprint density at radius 2 is 2.00 bits per heavy atom. The molecule has 2 aromatic rings. The fourth-order valence-electron chi connectivity index (χ4n) is 1.82. The van der Waals surface area contributed by atoms with E-state index in [0.717, 1.165) is 11.3 Å². The van der Waals surface area contributed by atoms with Gasteiger partial charge in [0, 0.05) is 0 Å². The molecule has 96 valence electrons.